The van der Waals surface area contributed by atoms with Crippen LogP contribution in [0, 0.1) is 13.8 Å². The molecule has 8 heteroatoms. The van der Waals surface area contributed by atoms with E-state index < -0.39 is 0 Å². The molecule has 0 radical (unpaired) electrons. The zero-order chi connectivity index (χ0) is 19.1. The monoisotopic (exact) mass is 375 g/mol. The maximum atomic E-state index is 5.38. The van der Waals surface area contributed by atoms with Crippen LogP contribution >= 0.6 is 0 Å². The number of nitrogens with zero attached hydrogens (tertiary/aromatic N) is 7. The van der Waals surface area contributed by atoms with Crippen LogP contribution in [0.25, 0.3) is 17.1 Å². The fraction of sp³-hybridized carbons (Fsp3) is 0.300. The Balaban J connectivity index is 1.33. The summed E-state index contributed by atoms with van der Waals surface area (Å²) in [7, 11) is 0. The molecule has 28 heavy (non-hydrogen) atoms. The molecule has 4 aromatic heterocycles. The van der Waals surface area contributed by atoms with E-state index in [1.54, 1.807) is 6.26 Å². The predicted octanol–water partition coefficient (Wildman–Crippen LogP) is 2.72. The van der Waals surface area contributed by atoms with Crippen molar-refractivity contribution >= 4 is 17.3 Å². The van der Waals surface area contributed by atoms with Crippen molar-refractivity contribution < 1.29 is 4.42 Å². The number of piperazine rings is 1. The lowest BCUT2D eigenvalue weighted by Crippen LogP contribution is -2.47. The molecule has 0 N–H and O–H groups in total. The molecule has 1 aliphatic rings. The Morgan fingerprint density at radius 2 is 1.71 bits per heavy atom. The van der Waals surface area contributed by atoms with Crippen LogP contribution in [-0.2, 0) is 0 Å². The molecule has 1 fully saturated rings. The normalized spacial score (nSPS) is 14.8. The van der Waals surface area contributed by atoms with Gasteiger partial charge in [-0.2, -0.15) is 9.61 Å². The third-order valence-corrected chi connectivity index (χ3v) is 5.01. The molecule has 0 bridgehead atoms. The van der Waals surface area contributed by atoms with Crippen LogP contribution in [0.15, 0.2) is 47.1 Å². The average molecular weight is 375 g/mol. The average Bonchev–Trinajstić information content (AvgIpc) is 3.37. The first-order valence-corrected chi connectivity index (χ1v) is 9.39. The van der Waals surface area contributed by atoms with Crippen LogP contribution in [0.4, 0.5) is 11.6 Å². The highest BCUT2D eigenvalue weighted by atomic mass is 16.3. The van der Waals surface area contributed by atoms with E-state index in [4.69, 9.17) is 4.42 Å². The van der Waals surface area contributed by atoms with Crippen molar-refractivity contribution in [2.45, 2.75) is 13.8 Å². The maximum absolute atomic E-state index is 5.38. The molecule has 4 aromatic rings. The van der Waals surface area contributed by atoms with E-state index in [2.05, 4.69) is 36.1 Å². The molecule has 0 amide bonds. The summed E-state index contributed by atoms with van der Waals surface area (Å²) in [5.74, 6) is 2.71. The van der Waals surface area contributed by atoms with Crippen LogP contribution in [0.3, 0.4) is 0 Å². The first kappa shape index (κ1) is 16.7. The van der Waals surface area contributed by atoms with Gasteiger partial charge in [-0.05, 0) is 38.1 Å². The van der Waals surface area contributed by atoms with Crippen LogP contribution in [0.2, 0.25) is 0 Å². The van der Waals surface area contributed by atoms with Gasteiger partial charge in [-0.25, -0.2) is 4.98 Å². The first-order valence-electron chi connectivity index (χ1n) is 9.39. The van der Waals surface area contributed by atoms with Gasteiger partial charge < -0.3 is 14.2 Å². The fourth-order valence-corrected chi connectivity index (χ4v) is 3.63. The van der Waals surface area contributed by atoms with Crippen molar-refractivity contribution in [1.82, 2.24) is 24.8 Å². The van der Waals surface area contributed by atoms with Crippen molar-refractivity contribution in [3.8, 4) is 11.5 Å². The summed E-state index contributed by atoms with van der Waals surface area (Å²) in [4.78, 5) is 9.20. The highest BCUT2D eigenvalue weighted by Crippen LogP contribution is 2.23. The first-order chi connectivity index (χ1) is 13.7. The molecule has 1 aliphatic heterocycles. The third-order valence-electron chi connectivity index (χ3n) is 5.01. The van der Waals surface area contributed by atoms with E-state index in [0.717, 1.165) is 66.3 Å². The minimum absolute atomic E-state index is 0.732. The van der Waals surface area contributed by atoms with Crippen molar-refractivity contribution in [1.29, 1.82) is 0 Å². The highest BCUT2D eigenvalue weighted by Gasteiger charge is 2.21. The van der Waals surface area contributed by atoms with Gasteiger partial charge in [0.2, 0.25) is 0 Å². The van der Waals surface area contributed by atoms with E-state index in [1.807, 2.05) is 48.7 Å². The quantitative estimate of drug-likeness (QED) is 0.545. The summed E-state index contributed by atoms with van der Waals surface area (Å²) in [6, 6.07) is 11.8. The summed E-state index contributed by atoms with van der Waals surface area (Å²) in [6.45, 7) is 7.54. The van der Waals surface area contributed by atoms with Gasteiger partial charge in [0.1, 0.15) is 11.5 Å². The number of hydrogen-bond acceptors (Lipinski definition) is 7. The predicted molar refractivity (Wildman–Crippen MR) is 107 cm³/mol. The molecule has 5 heterocycles. The number of aromatic nitrogens is 5. The van der Waals surface area contributed by atoms with Crippen molar-refractivity contribution in [2.24, 2.45) is 0 Å². The SMILES string of the molecule is Cc1cc(N2CCN(c3ccc(-c4ccco4)nn3)CC2)n2nc(C)cc2n1. The summed E-state index contributed by atoms with van der Waals surface area (Å²) in [6.07, 6.45) is 1.64. The number of aryl methyl sites for hydroxylation is 2. The summed E-state index contributed by atoms with van der Waals surface area (Å²) < 4.78 is 7.32. The smallest absolute Gasteiger partial charge is 0.157 e. The molecular formula is C20H21N7O. The Labute approximate surface area is 162 Å². The van der Waals surface area contributed by atoms with Crippen LogP contribution in [-0.4, -0.2) is 51.0 Å². The van der Waals surface area contributed by atoms with Crippen LogP contribution < -0.4 is 9.80 Å². The zero-order valence-electron chi connectivity index (χ0n) is 15.9. The number of fused-ring (bicyclic) bond motifs is 1. The topological polar surface area (TPSA) is 75.6 Å². The molecule has 0 spiro atoms. The molecule has 5 rings (SSSR count). The minimum atomic E-state index is 0.732. The Kier molecular flexibility index (Phi) is 3.96. The third kappa shape index (κ3) is 2.96. The highest BCUT2D eigenvalue weighted by molar-refractivity contribution is 5.55. The van der Waals surface area contributed by atoms with E-state index in [0.29, 0.717) is 0 Å². The molecule has 0 aliphatic carbocycles. The van der Waals surface area contributed by atoms with E-state index in [-0.39, 0.29) is 0 Å². The largest absolute Gasteiger partial charge is 0.463 e. The van der Waals surface area contributed by atoms with Gasteiger partial charge in [0.15, 0.2) is 17.2 Å². The van der Waals surface area contributed by atoms with Crippen LogP contribution in [0.1, 0.15) is 11.4 Å². The van der Waals surface area contributed by atoms with E-state index >= 15 is 0 Å². The van der Waals surface area contributed by atoms with Gasteiger partial charge in [0.05, 0.1) is 12.0 Å². The second-order valence-corrected chi connectivity index (χ2v) is 7.04. The molecule has 1 saturated heterocycles. The lowest BCUT2D eigenvalue weighted by Gasteiger charge is -2.36. The zero-order valence-corrected chi connectivity index (χ0v) is 15.9. The lowest BCUT2D eigenvalue weighted by atomic mass is 10.2. The molecule has 0 saturated carbocycles. The Morgan fingerprint density at radius 1 is 0.893 bits per heavy atom. The van der Waals surface area contributed by atoms with E-state index in [1.165, 1.54) is 0 Å². The van der Waals surface area contributed by atoms with Gasteiger partial charge in [-0.1, -0.05) is 0 Å². The Bertz CT molecular complexity index is 1090. The van der Waals surface area contributed by atoms with Crippen molar-refractivity contribution in [2.75, 3.05) is 36.0 Å². The molecule has 142 valence electrons. The summed E-state index contributed by atoms with van der Waals surface area (Å²) >= 11 is 0. The Morgan fingerprint density at radius 3 is 2.43 bits per heavy atom. The van der Waals surface area contributed by atoms with Crippen molar-refractivity contribution in [3.05, 3.63) is 54.0 Å². The summed E-state index contributed by atoms with van der Waals surface area (Å²) in [5, 5.41) is 13.3. The second-order valence-electron chi connectivity index (χ2n) is 7.04. The molecule has 0 atom stereocenters. The van der Waals surface area contributed by atoms with E-state index in [9.17, 15) is 0 Å². The van der Waals surface area contributed by atoms with Gasteiger partial charge in [0, 0.05) is 44.0 Å². The standard InChI is InChI=1S/C20H21N7O/c1-14-13-20(27-19(21-14)12-15(2)24-27)26-9-7-25(8-10-26)18-6-5-16(22-23-18)17-4-3-11-28-17/h3-6,11-13H,7-10H2,1-2H3. The Hall–Kier alpha value is -3.42. The second kappa shape index (κ2) is 6.63. The van der Waals surface area contributed by atoms with Crippen molar-refractivity contribution in [3.63, 3.8) is 0 Å². The number of rotatable bonds is 3. The lowest BCUT2D eigenvalue weighted by molar-refractivity contribution is 0.578. The number of hydrogen-bond donors (Lipinski definition) is 0. The van der Waals surface area contributed by atoms with Gasteiger partial charge in [-0.15, -0.1) is 10.2 Å². The fourth-order valence-electron chi connectivity index (χ4n) is 3.63. The minimum Gasteiger partial charge on any atom is -0.463 e. The summed E-state index contributed by atoms with van der Waals surface area (Å²) in [5.41, 5.74) is 3.62. The molecule has 0 aromatic carbocycles. The molecular weight excluding hydrogens is 354 g/mol. The number of anilines is 2. The molecule has 8 nitrogen and oxygen atoms in total. The molecule has 0 unspecified atom stereocenters. The number of furan rings is 1. The van der Waals surface area contributed by atoms with Gasteiger partial charge >= 0.3 is 0 Å². The maximum Gasteiger partial charge on any atom is 0.157 e. The van der Waals surface area contributed by atoms with Crippen LogP contribution in [0.5, 0.6) is 0 Å². The van der Waals surface area contributed by atoms with Gasteiger partial charge in [0.25, 0.3) is 0 Å². The van der Waals surface area contributed by atoms with Gasteiger partial charge in [-0.3, -0.25) is 0 Å².